The number of carbonyl (C=O) groups excluding carboxylic acids is 2. The number of ether oxygens (including phenoxy) is 1. The Labute approximate surface area is 172 Å². The molecule has 0 spiro atoms. The second-order valence-corrected chi connectivity index (χ2v) is 8.08. The molecule has 2 amide bonds. The monoisotopic (exact) mass is 407 g/mol. The molecule has 3 rings (SSSR count). The van der Waals surface area contributed by atoms with Gasteiger partial charge in [0.05, 0.1) is 5.02 Å². The predicted molar refractivity (Wildman–Crippen MR) is 110 cm³/mol. The van der Waals surface area contributed by atoms with Crippen LogP contribution in [-0.2, 0) is 9.59 Å². The molecule has 2 aliphatic rings. The van der Waals surface area contributed by atoms with Gasteiger partial charge in [-0.1, -0.05) is 36.6 Å². The Kier molecular flexibility index (Phi) is 7.57. The fourth-order valence-electron chi connectivity index (χ4n) is 4.13. The summed E-state index contributed by atoms with van der Waals surface area (Å²) in [6.07, 6.45) is 4.34. The van der Waals surface area contributed by atoms with Crippen LogP contribution in [0.1, 0.15) is 32.6 Å². The van der Waals surface area contributed by atoms with E-state index in [1.807, 2.05) is 29.2 Å². The lowest BCUT2D eigenvalue weighted by Gasteiger charge is -2.37. The Morgan fingerprint density at radius 2 is 1.86 bits per heavy atom. The molecule has 0 bridgehead atoms. The summed E-state index contributed by atoms with van der Waals surface area (Å²) in [6.45, 7) is 5.86. The first-order valence-corrected chi connectivity index (χ1v) is 10.6. The molecule has 2 fully saturated rings. The summed E-state index contributed by atoms with van der Waals surface area (Å²) in [7, 11) is 0. The van der Waals surface area contributed by atoms with Gasteiger partial charge >= 0.3 is 0 Å². The highest BCUT2D eigenvalue weighted by atomic mass is 35.5. The van der Waals surface area contributed by atoms with E-state index in [0.717, 1.165) is 45.3 Å². The van der Waals surface area contributed by atoms with Crippen LogP contribution in [0, 0.1) is 5.92 Å². The second-order valence-electron chi connectivity index (χ2n) is 7.67. The van der Waals surface area contributed by atoms with Crippen LogP contribution in [0.4, 0.5) is 0 Å². The van der Waals surface area contributed by atoms with Crippen molar-refractivity contribution in [3.63, 3.8) is 0 Å². The number of nitrogens with zero attached hydrogens (tertiary/aromatic N) is 2. The van der Waals surface area contributed by atoms with Gasteiger partial charge in [0.25, 0.3) is 0 Å². The minimum atomic E-state index is -0.366. The minimum Gasteiger partial charge on any atom is -0.491 e. The molecule has 1 saturated heterocycles. The third-order valence-corrected chi connectivity index (χ3v) is 5.99. The Hall–Kier alpha value is -1.79. The first-order chi connectivity index (χ1) is 13.5. The van der Waals surface area contributed by atoms with Crippen molar-refractivity contribution >= 4 is 23.4 Å². The topological polar surface area (TPSA) is 61.9 Å². The number of rotatable bonds is 7. The van der Waals surface area contributed by atoms with Gasteiger partial charge in [-0.3, -0.25) is 14.5 Å². The van der Waals surface area contributed by atoms with Crippen molar-refractivity contribution in [3.05, 3.63) is 29.3 Å². The summed E-state index contributed by atoms with van der Waals surface area (Å²) >= 11 is 6.11. The normalized spacial score (nSPS) is 19.4. The van der Waals surface area contributed by atoms with Crippen molar-refractivity contribution in [2.24, 2.45) is 5.92 Å². The molecule has 1 saturated carbocycles. The van der Waals surface area contributed by atoms with Gasteiger partial charge < -0.3 is 15.0 Å². The summed E-state index contributed by atoms with van der Waals surface area (Å²) in [4.78, 5) is 28.8. The van der Waals surface area contributed by atoms with E-state index in [0.29, 0.717) is 30.5 Å². The van der Waals surface area contributed by atoms with E-state index in [2.05, 4.69) is 10.2 Å². The second kappa shape index (κ2) is 10.1. The van der Waals surface area contributed by atoms with E-state index in [-0.39, 0.29) is 23.8 Å². The summed E-state index contributed by atoms with van der Waals surface area (Å²) in [6, 6.07) is 7.10. The van der Waals surface area contributed by atoms with E-state index < -0.39 is 0 Å². The maximum Gasteiger partial charge on any atom is 0.245 e. The molecule has 28 heavy (non-hydrogen) atoms. The smallest absolute Gasteiger partial charge is 0.245 e. The summed E-state index contributed by atoms with van der Waals surface area (Å²) in [5, 5.41) is 3.53. The molecule has 1 unspecified atom stereocenters. The molecule has 1 aliphatic heterocycles. The standard InChI is InChI=1S/C21H30ClN3O3/c1-16(26)23-20(17-6-2-3-7-17)21(27)25-12-10-24(11-13-25)14-15-28-19-9-5-4-8-18(19)22/h4-5,8-9,17,20H,2-3,6-7,10-15H2,1H3,(H,23,26). The molecule has 0 aromatic heterocycles. The molecule has 1 N–H and O–H groups in total. The van der Waals surface area contributed by atoms with Gasteiger partial charge in [-0.05, 0) is 30.9 Å². The van der Waals surface area contributed by atoms with Crippen molar-refractivity contribution in [3.8, 4) is 5.75 Å². The fourth-order valence-corrected chi connectivity index (χ4v) is 4.32. The maximum absolute atomic E-state index is 13.0. The van der Waals surface area contributed by atoms with Crippen molar-refractivity contribution in [1.82, 2.24) is 15.1 Å². The lowest BCUT2D eigenvalue weighted by molar-refractivity contribution is -0.139. The highest BCUT2D eigenvalue weighted by Gasteiger charge is 2.35. The third kappa shape index (κ3) is 5.61. The molecule has 154 valence electrons. The van der Waals surface area contributed by atoms with Gasteiger partial charge in [-0.2, -0.15) is 0 Å². The van der Waals surface area contributed by atoms with Crippen molar-refractivity contribution in [2.75, 3.05) is 39.3 Å². The highest BCUT2D eigenvalue weighted by Crippen LogP contribution is 2.29. The molecule has 1 atom stereocenters. The van der Waals surface area contributed by atoms with Crippen LogP contribution >= 0.6 is 11.6 Å². The number of halogens is 1. The van der Waals surface area contributed by atoms with E-state index in [1.54, 1.807) is 0 Å². The largest absolute Gasteiger partial charge is 0.491 e. The average molecular weight is 408 g/mol. The summed E-state index contributed by atoms with van der Waals surface area (Å²) in [5.41, 5.74) is 0. The number of carbonyl (C=O) groups is 2. The molecule has 6 nitrogen and oxygen atoms in total. The lowest BCUT2D eigenvalue weighted by Crippen LogP contribution is -2.56. The quantitative estimate of drug-likeness (QED) is 0.754. The first-order valence-electron chi connectivity index (χ1n) is 10.2. The van der Waals surface area contributed by atoms with Gasteiger partial charge in [-0.25, -0.2) is 0 Å². The highest BCUT2D eigenvalue weighted by molar-refractivity contribution is 6.32. The predicted octanol–water partition coefficient (Wildman–Crippen LogP) is 2.56. The zero-order chi connectivity index (χ0) is 19.9. The molecule has 7 heteroatoms. The van der Waals surface area contributed by atoms with Crippen molar-refractivity contribution in [1.29, 1.82) is 0 Å². The van der Waals surface area contributed by atoms with Gasteiger partial charge in [0.2, 0.25) is 11.8 Å². The average Bonchev–Trinajstić information content (AvgIpc) is 3.22. The molecule has 1 aromatic rings. The van der Waals surface area contributed by atoms with Crippen LogP contribution in [0.15, 0.2) is 24.3 Å². The van der Waals surface area contributed by atoms with Gasteiger partial charge in [0, 0.05) is 39.6 Å². The number of piperazine rings is 1. The number of hydrogen-bond acceptors (Lipinski definition) is 4. The van der Waals surface area contributed by atoms with Crippen LogP contribution in [0.3, 0.4) is 0 Å². The summed E-state index contributed by atoms with van der Waals surface area (Å²) < 4.78 is 5.76. The van der Waals surface area contributed by atoms with Gasteiger partial charge in [0.15, 0.2) is 0 Å². The molecule has 1 aliphatic carbocycles. The first kappa shape index (κ1) is 20.9. The third-order valence-electron chi connectivity index (χ3n) is 5.68. The van der Waals surface area contributed by atoms with Gasteiger partial charge in [-0.15, -0.1) is 0 Å². The minimum absolute atomic E-state index is 0.0778. The van der Waals surface area contributed by atoms with E-state index in [1.165, 1.54) is 6.92 Å². The Morgan fingerprint density at radius 3 is 2.50 bits per heavy atom. The van der Waals surface area contributed by atoms with Crippen LogP contribution in [0.5, 0.6) is 5.75 Å². The van der Waals surface area contributed by atoms with E-state index >= 15 is 0 Å². The maximum atomic E-state index is 13.0. The molecule has 1 aromatic carbocycles. The van der Waals surface area contributed by atoms with Gasteiger partial charge in [0.1, 0.15) is 18.4 Å². The van der Waals surface area contributed by atoms with Crippen molar-refractivity contribution < 1.29 is 14.3 Å². The number of para-hydroxylation sites is 1. The zero-order valence-corrected chi connectivity index (χ0v) is 17.3. The molecular weight excluding hydrogens is 378 g/mol. The number of hydrogen-bond donors (Lipinski definition) is 1. The Bertz CT molecular complexity index is 671. The molecule has 1 heterocycles. The van der Waals surface area contributed by atoms with Crippen LogP contribution in [0.25, 0.3) is 0 Å². The Morgan fingerprint density at radius 1 is 1.18 bits per heavy atom. The molecule has 0 radical (unpaired) electrons. The Balaban J connectivity index is 1.45. The van der Waals surface area contributed by atoms with Crippen LogP contribution in [0.2, 0.25) is 5.02 Å². The van der Waals surface area contributed by atoms with E-state index in [9.17, 15) is 9.59 Å². The SMILES string of the molecule is CC(=O)NC(C(=O)N1CCN(CCOc2ccccc2Cl)CC1)C1CCCC1. The zero-order valence-electron chi connectivity index (χ0n) is 16.5. The van der Waals surface area contributed by atoms with Crippen LogP contribution in [-0.4, -0.2) is 67.0 Å². The van der Waals surface area contributed by atoms with E-state index in [4.69, 9.17) is 16.3 Å². The molecular formula is C21H30ClN3O3. The van der Waals surface area contributed by atoms with Crippen LogP contribution < -0.4 is 10.1 Å². The lowest BCUT2D eigenvalue weighted by atomic mass is 9.96. The number of nitrogens with one attached hydrogen (secondary N) is 1. The fraction of sp³-hybridized carbons (Fsp3) is 0.619. The summed E-state index contributed by atoms with van der Waals surface area (Å²) in [5.74, 6) is 0.931. The number of benzene rings is 1. The van der Waals surface area contributed by atoms with Crippen molar-refractivity contribution in [2.45, 2.75) is 38.6 Å². The number of amides is 2.